The van der Waals surface area contributed by atoms with Gasteiger partial charge in [-0.05, 0) is 26.0 Å². The molecule has 22 heavy (non-hydrogen) atoms. The fraction of sp³-hybridized carbons (Fsp3) is 0.400. The average molecular weight is 302 g/mol. The summed E-state index contributed by atoms with van der Waals surface area (Å²) in [4.78, 5) is 20.5. The van der Waals surface area contributed by atoms with Crippen LogP contribution in [0.2, 0.25) is 0 Å². The summed E-state index contributed by atoms with van der Waals surface area (Å²) in [5.41, 5.74) is 1.06. The van der Waals surface area contributed by atoms with Crippen molar-refractivity contribution in [3.63, 3.8) is 0 Å². The Labute approximate surface area is 127 Å². The Morgan fingerprint density at radius 3 is 3.00 bits per heavy atom. The molecule has 0 spiro atoms. The maximum absolute atomic E-state index is 11.9. The number of rotatable bonds is 6. The largest absolute Gasteiger partial charge is 0.421 e. The molecule has 3 heterocycles. The lowest BCUT2D eigenvalue weighted by molar-refractivity contribution is 0.0672. The molecule has 116 valence electrons. The number of nitrogens with zero attached hydrogens (tertiary/aromatic N) is 4. The number of pyridine rings is 1. The first kappa shape index (κ1) is 14.5. The minimum absolute atomic E-state index is 0.0871. The van der Waals surface area contributed by atoms with E-state index in [1.165, 1.54) is 4.57 Å². The Hall–Kier alpha value is -2.41. The van der Waals surface area contributed by atoms with Crippen molar-refractivity contribution in [1.29, 1.82) is 0 Å². The van der Waals surface area contributed by atoms with Crippen molar-refractivity contribution in [3.05, 3.63) is 47.1 Å². The van der Waals surface area contributed by atoms with Gasteiger partial charge in [-0.3, -0.25) is 4.57 Å². The maximum Gasteiger partial charge on any atom is 0.421 e. The number of aromatic nitrogens is 4. The van der Waals surface area contributed by atoms with Crippen molar-refractivity contribution in [3.8, 4) is 0 Å². The van der Waals surface area contributed by atoms with E-state index in [1.807, 2.05) is 24.6 Å². The van der Waals surface area contributed by atoms with Crippen molar-refractivity contribution in [1.82, 2.24) is 19.1 Å². The highest BCUT2D eigenvalue weighted by molar-refractivity contribution is 5.67. The van der Waals surface area contributed by atoms with Gasteiger partial charge in [0.15, 0.2) is 11.2 Å². The second-order valence-electron chi connectivity index (χ2n) is 4.92. The number of hydrogen-bond acceptors (Lipinski definition) is 5. The zero-order valence-corrected chi connectivity index (χ0v) is 12.6. The SMILES string of the molecule is CCOC(C)c1nccn1CCn1c(=O)oc2cccnc21. The molecule has 7 nitrogen and oxygen atoms in total. The van der Waals surface area contributed by atoms with Gasteiger partial charge in [0.1, 0.15) is 11.9 Å². The molecule has 1 atom stereocenters. The Kier molecular flexibility index (Phi) is 4.06. The molecule has 0 N–H and O–H groups in total. The molecule has 0 bridgehead atoms. The molecule has 0 radical (unpaired) electrons. The van der Waals surface area contributed by atoms with Crippen molar-refractivity contribution >= 4 is 11.2 Å². The van der Waals surface area contributed by atoms with Gasteiger partial charge < -0.3 is 13.7 Å². The van der Waals surface area contributed by atoms with E-state index >= 15 is 0 Å². The number of aryl methyl sites for hydroxylation is 2. The van der Waals surface area contributed by atoms with Crippen LogP contribution >= 0.6 is 0 Å². The number of hydrogen-bond donors (Lipinski definition) is 0. The van der Waals surface area contributed by atoms with E-state index in [9.17, 15) is 4.79 Å². The number of fused-ring (bicyclic) bond motifs is 1. The van der Waals surface area contributed by atoms with Crippen LogP contribution in [0.25, 0.3) is 11.2 Å². The zero-order valence-electron chi connectivity index (χ0n) is 12.6. The molecule has 0 aliphatic heterocycles. The highest BCUT2D eigenvalue weighted by Gasteiger charge is 2.14. The summed E-state index contributed by atoms with van der Waals surface area (Å²) in [5.74, 6) is 0.448. The lowest BCUT2D eigenvalue weighted by atomic mass is 10.3. The molecule has 3 aromatic heterocycles. The molecule has 0 aliphatic carbocycles. The summed E-state index contributed by atoms with van der Waals surface area (Å²) in [6.45, 7) is 5.60. The quantitative estimate of drug-likeness (QED) is 0.696. The second kappa shape index (κ2) is 6.15. The predicted molar refractivity (Wildman–Crippen MR) is 80.5 cm³/mol. The van der Waals surface area contributed by atoms with Gasteiger partial charge in [-0.25, -0.2) is 14.8 Å². The second-order valence-corrected chi connectivity index (χ2v) is 4.92. The number of imidazole rings is 1. The first-order valence-electron chi connectivity index (χ1n) is 7.27. The Morgan fingerprint density at radius 2 is 2.18 bits per heavy atom. The van der Waals surface area contributed by atoms with Crippen molar-refractivity contribution in [2.24, 2.45) is 0 Å². The van der Waals surface area contributed by atoms with Gasteiger partial charge in [0, 0.05) is 38.3 Å². The normalized spacial score (nSPS) is 12.8. The van der Waals surface area contributed by atoms with E-state index in [1.54, 1.807) is 24.5 Å². The summed E-state index contributed by atoms with van der Waals surface area (Å²) >= 11 is 0. The molecule has 3 rings (SSSR count). The lowest BCUT2D eigenvalue weighted by Crippen LogP contribution is -2.19. The number of oxazole rings is 1. The van der Waals surface area contributed by atoms with Crippen molar-refractivity contribution in [2.75, 3.05) is 6.61 Å². The van der Waals surface area contributed by atoms with E-state index < -0.39 is 5.76 Å². The van der Waals surface area contributed by atoms with Gasteiger partial charge in [0.2, 0.25) is 0 Å². The fourth-order valence-electron chi connectivity index (χ4n) is 2.50. The van der Waals surface area contributed by atoms with Gasteiger partial charge >= 0.3 is 5.76 Å². The van der Waals surface area contributed by atoms with Crippen LogP contribution in [0.4, 0.5) is 0 Å². The highest BCUT2D eigenvalue weighted by atomic mass is 16.5. The van der Waals surface area contributed by atoms with Crippen LogP contribution in [-0.2, 0) is 17.8 Å². The van der Waals surface area contributed by atoms with Crippen LogP contribution in [0.3, 0.4) is 0 Å². The molecule has 0 saturated heterocycles. The monoisotopic (exact) mass is 302 g/mol. The van der Waals surface area contributed by atoms with Crippen LogP contribution in [0.5, 0.6) is 0 Å². The van der Waals surface area contributed by atoms with Gasteiger partial charge in [-0.1, -0.05) is 0 Å². The van der Waals surface area contributed by atoms with Gasteiger partial charge in [0.05, 0.1) is 0 Å². The van der Waals surface area contributed by atoms with E-state index in [0.29, 0.717) is 30.9 Å². The molecule has 0 fully saturated rings. The molecule has 1 unspecified atom stereocenters. The van der Waals surface area contributed by atoms with Gasteiger partial charge in [0.25, 0.3) is 0 Å². The molecule has 7 heteroatoms. The van der Waals surface area contributed by atoms with Crippen LogP contribution in [0.15, 0.2) is 39.9 Å². The molecular weight excluding hydrogens is 284 g/mol. The van der Waals surface area contributed by atoms with Gasteiger partial charge in [-0.2, -0.15) is 0 Å². The Bertz CT molecular complexity index is 817. The summed E-state index contributed by atoms with van der Waals surface area (Å²) < 4.78 is 14.3. The van der Waals surface area contributed by atoms with Crippen LogP contribution < -0.4 is 5.76 Å². The summed E-state index contributed by atoms with van der Waals surface area (Å²) in [5, 5.41) is 0. The third-order valence-corrected chi connectivity index (χ3v) is 3.52. The number of ether oxygens (including phenoxy) is 1. The molecule has 3 aromatic rings. The summed E-state index contributed by atoms with van der Waals surface area (Å²) in [7, 11) is 0. The Balaban J connectivity index is 1.82. The third-order valence-electron chi connectivity index (χ3n) is 3.52. The molecule has 0 saturated carbocycles. The first-order chi connectivity index (χ1) is 10.7. The van der Waals surface area contributed by atoms with E-state index in [-0.39, 0.29) is 6.10 Å². The third kappa shape index (κ3) is 2.67. The van der Waals surface area contributed by atoms with E-state index in [2.05, 4.69) is 9.97 Å². The molecule has 0 aliphatic rings. The van der Waals surface area contributed by atoms with E-state index in [4.69, 9.17) is 9.15 Å². The highest BCUT2D eigenvalue weighted by Crippen LogP contribution is 2.15. The first-order valence-corrected chi connectivity index (χ1v) is 7.27. The van der Waals surface area contributed by atoms with Crippen molar-refractivity contribution < 1.29 is 9.15 Å². The van der Waals surface area contributed by atoms with Crippen LogP contribution in [0, 0.1) is 0 Å². The average Bonchev–Trinajstić information content (AvgIpc) is 3.09. The summed E-state index contributed by atoms with van der Waals surface area (Å²) in [6, 6.07) is 3.48. The maximum atomic E-state index is 11.9. The van der Waals surface area contributed by atoms with Crippen molar-refractivity contribution in [2.45, 2.75) is 33.0 Å². The standard InChI is InChI=1S/C15H18N4O3/c1-3-21-11(2)13-17-7-8-18(13)9-10-19-14-12(22-15(19)20)5-4-6-16-14/h4-8,11H,3,9-10H2,1-2H3. The summed E-state index contributed by atoms with van der Waals surface area (Å²) in [6.07, 6.45) is 5.18. The minimum atomic E-state index is -0.395. The Morgan fingerprint density at radius 1 is 1.32 bits per heavy atom. The molecule has 0 amide bonds. The lowest BCUT2D eigenvalue weighted by Gasteiger charge is -2.14. The molecule has 0 aromatic carbocycles. The minimum Gasteiger partial charge on any atom is -0.406 e. The van der Waals surface area contributed by atoms with E-state index in [0.717, 1.165) is 5.82 Å². The zero-order chi connectivity index (χ0) is 15.5. The molecular formula is C15H18N4O3. The fourth-order valence-corrected chi connectivity index (χ4v) is 2.50. The van der Waals surface area contributed by atoms with Gasteiger partial charge in [-0.15, -0.1) is 0 Å². The van der Waals surface area contributed by atoms with Crippen LogP contribution in [0.1, 0.15) is 25.8 Å². The topological polar surface area (TPSA) is 75.1 Å². The smallest absolute Gasteiger partial charge is 0.406 e. The van der Waals surface area contributed by atoms with Crippen LogP contribution in [-0.4, -0.2) is 25.7 Å². The predicted octanol–water partition coefficient (Wildman–Crippen LogP) is 1.98.